The van der Waals surface area contributed by atoms with Crippen LogP contribution in [0, 0.1) is 5.82 Å². The molecule has 0 aromatic heterocycles. The van der Waals surface area contributed by atoms with E-state index in [9.17, 15) is 4.39 Å². The minimum absolute atomic E-state index is 0.0232. The fraction of sp³-hybridized carbons (Fsp3) is 0.133. The fourth-order valence-electron chi connectivity index (χ4n) is 1.84. The molecule has 0 aliphatic heterocycles. The lowest BCUT2D eigenvalue weighted by Crippen LogP contribution is -2.15. The first-order valence-corrected chi connectivity index (χ1v) is 6.09. The average molecular weight is 274 g/mol. The number of hydrogen-bond acceptors (Lipinski definition) is 3. The standard InChI is InChI=1S/C15H15FN2O2/c16-14-8-4-2-6-12(14)10-20-9-11-5-1-3-7-13(11)15(17)18-19/h1-8,19H,9-10H2,(H2,17,18). The van der Waals surface area contributed by atoms with Gasteiger partial charge in [0.05, 0.1) is 13.2 Å². The molecule has 5 heteroatoms. The second-order valence-corrected chi connectivity index (χ2v) is 4.23. The highest BCUT2D eigenvalue weighted by atomic mass is 19.1. The van der Waals surface area contributed by atoms with Crippen molar-refractivity contribution in [2.24, 2.45) is 10.9 Å². The molecule has 0 spiro atoms. The number of nitrogens with zero attached hydrogens (tertiary/aromatic N) is 1. The molecule has 0 amide bonds. The van der Waals surface area contributed by atoms with Crippen molar-refractivity contribution in [1.29, 1.82) is 0 Å². The van der Waals surface area contributed by atoms with Crippen molar-refractivity contribution in [1.82, 2.24) is 0 Å². The lowest BCUT2D eigenvalue weighted by molar-refractivity contribution is 0.105. The molecule has 3 N–H and O–H groups in total. The van der Waals surface area contributed by atoms with E-state index < -0.39 is 0 Å². The largest absolute Gasteiger partial charge is 0.409 e. The van der Waals surface area contributed by atoms with E-state index in [0.29, 0.717) is 11.1 Å². The molecule has 2 aromatic rings. The van der Waals surface area contributed by atoms with Crippen molar-refractivity contribution in [2.45, 2.75) is 13.2 Å². The van der Waals surface area contributed by atoms with Gasteiger partial charge in [-0.05, 0) is 11.6 Å². The zero-order valence-corrected chi connectivity index (χ0v) is 10.8. The molecular formula is C15H15FN2O2. The number of benzene rings is 2. The lowest BCUT2D eigenvalue weighted by Gasteiger charge is -2.09. The Balaban J connectivity index is 2.03. The predicted molar refractivity (Wildman–Crippen MR) is 73.8 cm³/mol. The molecule has 2 rings (SSSR count). The van der Waals surface area contributed by atoms with E-state index in [-0.39, 0.29) is 24.9 Å². The first-order chi connectivity index (χ1) is 9.72. The summed E-state index contributed by atoms with van der Waals surface area (Å²) < 4.78 is 18.9. The summed E-state index contributed by atoms with van der Waals surface area (Å²) in [6.45, 7) is 0.415. The lowest BCUT2D eigenvalue weighted by atomic mass is 10.1. The fourth-order valence-corrected chi connectivity index (χ4v) is 1.84. The molecule has 0 fully saturated rings. The van der Waals surface area contributed by atoms with Gasteiger partial charge in [-0.3, -0.25) is 0 Å². The van der Waals surface area contributed by atoms with Gasteiger partial charge in [-0.2, -0.15) is 0 Å². The molecule has 104 valence electrons. The summed E-state index contributed by atoms with van der Waals surface area (Å²) in [5.74, 6) is -0.271. The van der Waals surface area contributed by atoms with Crippen molar-refractivity contribution < 1.29 is 14.3 Å². The van der Waals surface area contributed by atoms with Gasteiger partial charge in [-0.15, -0.1) is 0 Å². The Morgan fingerprint density at radius 2 is 1.65 bits per heavy atom. The Labute approximate surface area is 116 Å². The van der Waals surface area contributed by atoms with Gasteiger partial charge in [-0.1, -0.05) is 47.6 Å². The summed E-state index contributed by atoms with van der Waals surface area (Å²) in [5.41, 5.74) is 7.46. The molecule has 0 heterocycles. The van der Waals surface area contributed by atoms with Crippen molar-refractivity contribution in [2.75, 3.05) is 0 Å². The topological polar surface area (TPSA) is 67.8 Å². The van der Waals surface area contributed by atoms with E-state index in [4.69, 9.17) is 15.7 Å². The first-order valence-electron chi connectivity index (χ1n) is 6.09. The van der Waals surface area contributed by atoms with Crippen LogP contribution in [-0.4, -0.2) is 11.0 Å². The number of nitrogens with two attached hydrogens (primary N) is 1. The van der Waals surface area contributed by atoms with Gasteiger partial charge in [0.25, 0.3) is 0 Å². The first kappa shape index (κ1) is 14.0. The minimum atomic E-state index is -0.294. The predicted octanol–water partition coefficient (Wildman–Crippen LogP) is 2.64. The van der Waals surface area contributed by atoms with Crippen LogP contribution in [0.15, 0.2) is 53.7 Å². The molecule has 0 radical (unpaired) electrons. The summed E-state index contributed by atoms with van der Waals surface area (Å²) >= 11 is 0. The van der Waals surface area contributed by atoms with Crippen LogP contribution in [0.2, 0.25) is 0 Å². The van der Waals surface area contributed by atoms with E-state index >= 15 is 0 Å². The van der Waals surface area contributed by atoms with Crippen molar-refractivity contribution in [3.63, 3.8) is 0 Å². The second-order valence-electron chi connectivity index (χ2n) is 4.23. The van der Waals surface area contributed by atoms with Crippen LogP contribution in [0.25, 0.3) is 0 Å². The highest BCUT2D eigenvalue weighted by molar-refractivity contribution is 5.98. The van der Waals surface area contributed by atoms with E-state index in [1.54, 1.807) is 30.3 Å². The van der Waals surface area contributed by atoms with Gasteiger partial charge >= 0.3 is 0 Å². The van der Waals surface area contributed by atoms with Crippen LogP contribution in [0.4, 0.5) is 4.39 Å². The number of rotatable bonds is 5. The maximum atomic E-state index is 13.4. The van der Waals surface area contributed by atoms with Crippen molar-refractivity contribution in [3.05, 3.63) is 71.0 Å². The Morgan fingerprint density at radius 1 is 1.05 bits per heavy atom. The van der Waals surface area contributed by atoms with Crippen LogP contribution in [0.5, 0.6) is 0 Å². The van der Waals surface area contributed by atoms with Gasteiger partial charge < -0.3 is 15.7 Å². The molecule has 20 heavy (non-hydrogen) atoms. The third-order valence-corrected chi connectivity index (χ3v) is 2.87. The Morgan fingerprint density at radius 3 is 2.35 bits per heavy atom. The maximum absolute atomic E-state index is 13.4. The number of halogens is 1. The van der Waals surface area contributed by atoms with Crippen molar-refractivity contribution in [3.8, 4) is 0 Å². The van der Waals surface area contributed by atoms with Crippen LogP contribution in [0.1, 0.15) is 16.7 Å². The summed E-state index contributed by atoms with van der Waals surface area (Å²) in [6, 6.07) is 13.6. The zero-order valence-electron chi connectivity index (χ0n) is 10.8. The SMILES string of the molecule is NC(=NO)c1ccccc1COCc1ccccc1F. The maximum Gasteiger partial charge on any atom is 0.170 e. The number of ether oxygens (including phenoxy) is 1. The van der Waals surface area contributed by atoms with Crippen LogP contribution < -0.4 is 5.73 Å². The van der Waals surface area contributed by atoms with Gasteiger partial charge in [0.1, 0.15) is 5.82 Å². The van der Waals surface area contributed by atoms with Crippen LogP contribution in [-0.2, 0) is 18.0 Å². The summed E-state index contributed by atoms with van der Waals surface area (Å²) in [5, 5.41) is 11.7. The molecule has 0 unspecified atom stereocenters. The normalized spacial score (nSPS) is 11.6. The second kappa shape index (κ2) is 6.68. The number of hydrogen-bond donors (Lipinski definition) is 2. The van der Waals surface area contributed by atoms with E-state index in [2.05, 4.69) is 5.16 Å². The molecule has 0 bridgehead atoms. The average Bonchev–Trinajstić information content (AvgIpc) is 2.49. The third-order valence-electron chi connectivity index (χ3n) is 2.87. The molecule has 0 saturated heterocycles. The van der Waals surface area contributed by atoms with E-state index in [1.165, 1.54) is 6.07 Å². The monoisotopic (exact) mass is 274 g/mol. The third kappa shape index (κ3) is 3.33. The minimum Gasteiger partial charge on any atom is -0.409 e. The zero-order chi connectivity index (χ0) is 14.4. The molecule has 0 aliphatic carbocycles. The molecule has 4 nitrogen and oxygen atoms in total. The molecule has 2 aromatic carbocycles. The van der Waals surface area contributed by atoms with E-state index in [1.807, 2.05) is 12.1 Å². The van der Waals surface area contributed by atoms with Crippen LogP contribution in [0.3, 0.4) is 0 Å². The van der Waals surface area contributed by atoms with Gasteiger partial charge in [0.15, 0.2) is 5.84 Å². The molecule has 0 saturated carbocycles. The van der Waals surface area contributed by atoms with E-state index in [0.717, 1.165) is 5.56 Å². The molecule has 0 atom stereocenters. The Hall–Kier alpha value is -2.40. The Bertz CT molecular complexity index is 614. The number of amidine groups is 1. The van der Waals surface area contributed by atoms with Gasteiger partial charge in [-0.25, -0.2) is 4.39 Å². The molecular weight excluding hydrogens is 259 g/mol. The smallest absolute Gasteiger partial charge is 0.170 e. The van der Waals surface area contributed by atoms with Gasteiger partial charge in [0.2, 0.25) is 0 Å². The highest BCUT2D eigenvalue weighted by Crippen LogP contribution is 2.13. The quantitative estimate of drug-likeness (QED) is 0.381. The van der Waals surface area contributed by atoms with Crippen LogP contribution >= 0.6 is 0 Å². The summed E-state index contributed by atoms with van der Waals surface area (Å²) in [4.78, 5) is 0. The molecule has 0 aliphatic rings. The van der Waals surface area contributed by atoms with Gasteiger partial charge in [0, 0.05) is 11.1 Å². The summed E-state index contributed by atoms with van der Waals surface area (Å²) in [7, 11) is 0. The van der Waals surface area contributed by atoms with Crippen molar-refractivity contribution >= 4 is 5.84 Å². The summed E-state index contributed by atoms with van der Waals surface area (Å²) in [6.07, 6.45) is 0. The number of oxime groups is 1. The highest BCUT2D eigenvalue weighted by Gasteiger charge is 2.07. The Kier molecular flexibility index (Phi) is 4.68.